The van der Waals surface area contributed by atoms with Gasteiger partial charge in [-0.15, -0.1) is 0 Å². The summed E-state index contributed by atoms with van der Waals surface area (Å²) in [6.07, 6.45) is 5.76. The minimum atomic E-state index is 0.0652. The quantitative estimate of drug-likeness (QED) is 0.544. The van der Waals surface area contributed by atoms with E-state index in [9.17, 15) is 5.26 Å². The molecule has 0 atom stereocenters. The Hall–Kier alpha value is -3.87. The number of nitriles is 1. The second-order valence-corrected chi connectivity index (χ2v) is 9.01. The number of hydrogen-bond donors (Lipinski definition) is 0. The average molecular weight is 483 g/mol. The van der Waals surface area contributed by atoms with E-state index >= 15 is 0 Å². The molecule has 9 nitrogen and oxygen atoms in total. The van der Waals surface area contributed by atoms with Gasteiger partial charge in [0, 0.05) is 49.7 Å². The molecule has 3 aliphatic heterocycles. The van der Waals surface area contributed by atoms with Gasteiger partial charge in [-0.3, -0.25) is 0 Å². The van der Waals surface area contributed by atoms with E-state index in [0.29, 0.717) is 36.6 Å². The van der Waals surface area contributed by atoms with Gasteiger partial charge < -0.3 is 19.1 Å². The predicted molar refractivity (Wildman–Crippen MR) is 134 cm³/mol. The topological polar surface area (TPSA) is 106 Å². The van der Waals surface area contributed by atoms with Gasteiger partial charge in [0.2, 0.25) is 0 Å². The Morgan fingerprint density at radius 1 is 0.944 bits per heavy atom. The summed E-state index contributed by atoms with van der Waals surface area (Å²) in [7, 11) is 0. The number of fused-ring (bicyclic) bond motifs is 1. The fraction of sp³-hybridized carbons (Fsp3) is 0.370. The molecule has 0 unspecified atom stereocenters. The average Bonchev–Trinajstić information content (AvgIpc) is 3.39. The zero-order valence-corrected chi connectivity index (χ0v) is 19.9. The molecule has 36 heavy (non-hydrogen) atoms. The summed E-state index contributed by atoms with van der Waals surface area (Å²) in [5.41, 5.74) is 5.50. The maximum Gasteiger partial charge on any atom is 0.137 e. The van der Waals surface area contributed by atoms with Crippen LogP contribution < -0.4 is 9.64 Å². The number of aromatic nitrogens is 3. The van der Waals surface area contributed by atoms with Crippen molar-refractivity contribution in [2.45, 2.75) is 25.4 Å². The van der Waals surface area contributed by atoms with Crippen molar-refractivity contribution < 1.29 is 14.2 Å². The Kier molecular flexibility index (Phi) is 6.28. The number of hydrogen-bond acceptors (Lipinski definition) is 9. The van der Waals surface area contributed by atoms with E-state index in [1.165, 1.54) is 0 Å². The second-order valence-electron chi connectivity index (χ2n) is 9.01. The molecule has 5 heterocycles. The standard InChI is InChI=1S/C27H26N6O3/c28-15-20-13-18(1-3-24(20)36-21-5-9-34-10-6-21)26-27-23(30-17-31-26)14-22(32-27)19-2-4-25(29-16-19)33-7-11-35-12-8-33/h1-4,13,16-17,21H,5-12,14H2. The zero-order valence-electron chi connectivity index (χ0n) is 19.9. The van der Waals surface area contributed by atoms with E-state index in [-0.39, 0.29) is 6.10 Å². The Labute approximate surface area is 209 Å². The molecule has 0 radical (unpaired) electrons. The number of morpholine rings is 1. The van der Waals surface area contributed by atoms with E-state index in [1.807, 2.05) is 30.5 Å². The maximum atomic E-state index is 9.79. The number of ether oxygens (including phenoxy) is 3. The lowest BCUT2D eigenvalue weighted by Crippen LogP contribution is -2.36. The van der Waals surface area contributed by atoms with Crippen LogP contribution in [0.3, 0.4) is 0 Å². The Morgan fingerprint density at radius 2 is 1.75 bits per heavy atom. The molecule has 2 saturated heterocycles. The summed E-state index contributed by atoms with van der Waals surface area (Å²) >= 11 is 0. The highest BCUT2D eigenvalue weighted by molar-refractivity contribution is 6.07. The highest BCUT2D eigenvalue weighted by atomic mass is 16.5. The minimum absolute atomic E-state index is 0.0652. The van der Waals surface area contributed by atoms with Crippen LogP contribution in [-0.2, 0) is 15.9 Å². The number of aliphatic imine (C=N–C) groups is 1. The van der Waals surface area contributed by atoms with Crippen LogP contribution in [0.1, 0.15) is 29.7 Å². The Balaban J connectivity index is 1.25. The van der Waals surface area contributed by atoms with Crippen LogP contribution in [0, 0.1) is 11.3 Å². The molecule has 0 saturated carbocycles. The molecule has 1 aromatic carbocycles. The molecule has 3 aromatic rings. The number of pyridine rings is 1. The fourth-order valence-corrected chi connectivity index (χ4v) is 4.75. The molecule has 2 fully saturated rings. The van der Waals surface area contributed by atoms with Crippen LogP contribution in [0.2, 0.25) is 0 Å². The molecule has 2 aromatic heterocycles. The summed E-state index contributed by atoms with van der Waals surface area (Å²) in [6, 6.07) is 12.0. The first-order valence-corrected chi connectivity index (χ1v) is 12.3. The van der Waals surface area contributed by atoms with Crippen molar-refractivity contribution in [2.24, 2.45) is 4.99 Å². The van der Waals surface area contributed by atoms with Gasteiger partial charge in [0.1, 0.15) is 35.8 Å². The third kappa shape index (κ3) is 4.53. The first kappa shape index (κ1) is 22.6. The molecular formula is C27H26N6O3. The van der Waals surface area contributed by atoms with Gasteiger partial charge in [0.05, 0.1) is 49.1 Å². The normalized spacial score (nSPS) is 17.9. The van der Waals surface area contributed by atoms with Gasteiger partial charge in [-0.25, -0.2) is 19.9 Å². The Bertz CT molecular complexity index is 1320. The van der Waals surface area contributed by atoms with E-state index in [4.69, 9.17) is 19.2 Å². The van der Waals surface area contributed by atoms with Crippen LogP contribution >= 0.6 is 0 Å². The van der Waals surface area contributed by atoms with Gasteiger partial charge in [-0.2, -0.15) is 5.26 Å². The van der Waals surface area contributed by atoms with Gasteiger partial charge in [-0.05, 0) is 30.3 Å². The molecule has 0 spiro atoms. The van der Waals surface area contributed by atoms with Crippen molar-refractivity contribution in [1.82, 2.24) is 15.0 Å². The number of anilines is 1. The fourth-order valence-electron chi connectivity index (χ4n) is 4.75. The monoisotopic (exact) mass is 482 g/mol. The number of nitrogens with zero attached hydrogens (tertiary/aromatic N) is 6. The SMILES string of the molecule is N#Cc1cc(-c2ncnc3c2N=C(c2ccc(N4CCOCC4)nc2)C3)ccc1OC1CCOCC1. The predicted octanol–water partition coefficient (Wildman–Crippen LogP) is 3.48. The molecule has 0 amide bonds. The highest BCUT2D eigenvalue weighted by Crippen LogP contribution is 2.37. The van der Waals surface area contributed by atoms with E-state index < -0.39 is 0 Å². The van der Waals surface area contributed by atoms with Gasteiger partial charge in [0.25, 0.3) is 0 Å². The van der Waals surface area contributed by atoms with Crippen molar-refractivity contribution in [3.63, 3.8) is 0 Å². The lowest BCUT2D eigenvalue weighted by atomic mass is 10.0. The van der Waals surface area contributed by atoms with Crippen LogP contribution in [-0.4, -0.2) is 66.3 Å². The molecule has 3 aliphatic rings. The smallest absolute Gasteiger partial charge is 0.137 e. The lowest BCUT2D eigenvalue weighted by Gasteiger charge is -2.27. The molecule has 0 N–H and O–H groups in total. The van der Waals surface area contributed by atoms with Crippen LogP contribution in [0.5, 0.6) is 5.75 Å². The molecular weight excluding hydrogens is 456 g/mol. The van der Waals surface area contributed by atoms with Crippen molar-refractivity contribution in [1.29, 1.82) is 5.26 Å². The van der Waals surface area contributed by atoms with E-state index in [2.05, 4.69) is 32.0 Å². The zero-order chi connectivity index (χ0) is 24.3. The molecule has 9 heteroatoms. The number of benzene rings is 1. The summed E-state index contributed by atoms with van der Waals surface area (Å²) in [4.78, 5) is 20.8. The second kappa shape index (κ2) is 10.0. The Morgan fingerprint density at radius 3 is 2.53 bits per heavy atom. The van der Waals surface area contributed by atoms with Crippen molar-refractivity contribution >= 4 is 17.2 Å². The molecule has 182 valence electrons. The third-order valence-electron chi connectivity index (χ3n) is 6.73. The maximum absolute atomic E-state index is 9.79. The summed E-state index contributed by atoms with van der Waals surface area (Å²) < 4.78 is 16.9. The summed E-state index contributed by atoms with van der Waals surface area (Å²) in [6.45, 7) is 4.52. The van der Waals surface area contributed by atoms with E-state index in [0.717, 1.165) is 73.2 Å². The van der Waals surface area contributed by atoms with Gasteiger partial charge in [-0.1, -0.05) is 0 Å². The van der Waals surface area contributed by atoms with Gasteiger partial charge in [0.15, 0.2) is 0 Å². The highest BCUT2D eigenvalue weighted by Gasteiger charge is 2.24. The number of rotatable bonds is 5. The van der Waals surface area contributed by atoms with Gasteiger partial charge >= 0.3 is 0 Å². The van der Waals surface area contributed by atoms with Crippen molar-refractivity contribution in [3.8, 4) is 23.1 Å². The minimum Gasteiger partial charge on any atom is -0.489 e. The summed E-state index contributed by atoms with van der Waals surface area (Å²) in [5.74, 6) is 1.54. The molecule has 6 rings (SSSR count). The molecule has 0 bridgehead atoms. The molecule has 0 aliphatic carbocycles. The first-order chi connectivity index (χ1) is 17.8. The van der Waals surface area contributed by atoms with Crippen molar-refractivity contribution in [2.75, 3.05) is 44.4 Å². The lowest BCUT2D eigenvalue weighted by molar-refractivity contribution is 0.0254. The largest absolute Gasteiger partial charge is 0.489 e. The van der Waals surface area contributed by atoms with E-state index in [1.54, 1.807) is 6.33 Å². The summed E-state index contributed by atoms with van der Waals surface area (Å²) in [5, 5.41) is 9.79. The third-order valence-corrected chi connectivity index (χ3v) is 6.73. The van der Waals surface area contributed by atoms with Crippen LogP contribution in [0.4, 0.5) is 11.5 Å². The van der Waals surface area contributed by atoms with Crippen molar-refractivity contribution in [3.05, 3.63) is 59.7 Å². The van der Waals surface area contributed by atoms with Crippen LogP contribution in [0.15, 0.2) is 47.8 Å². The van der Waals surface area contributed by atoms with Crippen LogP contribution in [0.25, 0.3) is 11.3 Å². The first-order valence-electron chi connectivity index (χ1n) is 12.3.